The second kappa shape index (κ2) is 5.65. The van der Waals surface area contributed by atoms with Gasteiger partial charge in [-0.2, -0.15) is 0 Å². The van der Waals surface area contributed by atoms with Crippen LogP contribution in [-0.2, 0) is 16.3 Å². The van der Waals surface area contributed by atoms with Crippen molar-refractivity contribution in [3.05, 3.63) is 40.3 Å². The van der Waals surface area contributed by atoms with Crippen LogP contribution in [0.4, 0.5) is 4.39 Å². The molecule has 7 heteroatoms. The Morgan fingerprint density at radius 1 is 1.41 bits per heavy atom. The monoisotopic (exact) mass is 257 g/mol. The number of benzene rings is 1. The smallest absolute Gasteiger partial charge is 0.175 e. The van der Waals surface area contributed by atoms with Crippen molar-refractivity contribution in [3.8, 4) is 0 Å². The molecule has 0 unspecified atom stereocenters. The normalized spacial score (nSPS) is 12.8. The Labute approximate surface area is 98.8 Å². The molecule has 1 atom stereocenters. The summed E-state index contributed by atoms with van der Waals surface area (Å²) in [6.07, 6.45) is 1.37. The summed E-state index contributed by atoms with van der Waals surface area (Å²) in [5.74, 6) is 0. The van der Waals surface area contributed by atoms with Crippen LogP contribution in [0.3, 0.4) is 0 Å². The van der Waals surface area contributed by atoms with Crippen molar-refractivity contribution in [1.82, 2.24) is 0 Å². The first-order valence-electron chi connectivity index (χ1n) is 4.86. The molecular weight excluding hydrogens is 245 g/mol. The zero-order valence-electron chi connectivity index (χ0n) is 9.25. The van der Waals surface area contributed by atoms with E-state index in [2.05, 4.69) is 10.0 Å². The van der Waals surface area contributed by atoms with Gasteiger partial charge in [-0.05, 0) is 29.6 Å². The van der Waals surface area contributed by atoms with Gasteiger partial charge >= 0.3 is 0 Å². The van der Waals surface area contributed by atoms with E-state index in [1.807, 2.05) is 0 Å². The Morgan fingerprint density at radius 3 is 2.41 bits per heavy atom. The average molecular weight is 257 g/mol. The second-order valence-electron chi connectivity index (χ2n) is 3.63. The fraction of sp³-hybridized carbons (Fsp3) is 0.400. The first-order valence-corrected chi connectivity index (χ1v) is 6.75. The molecule has 0 radical (unpaired) electrons. The molecule has 0 heterocycles. The number of sulfone groups is 1. The van der Waals surface area contributed by atoms with Crippen LogP contribution < -0.4 is 0 Å². The van der Waals surface area contributed by atoms with E-state index in [0.29, 0.717) is 0 Å². The molecule has 0 spiro atoms. The average Bonchev–Trinajstić information content (AvgIpc) is 2.28. The minimum atomic E-state index is -3.22. The standard InChI is InChI=1S/C10H12FN3O2S/c1-17(15,16)10-4-2-8(3-5-10)6-9(7-11)13-14-12/h2-5,9H,6-7H2,1H3/t9-/m0/s1. The summed E-state index contributed by atoms with van der Waals surface area (Å²) in [6, 6.07) is 5.34. The van der Waals surface area contributed by atoms with Gasteiger partial charge in [0.15, 0.2) is 9.84 Å². The highest BCUT2D eigenvalue weighted by atomic mass is 32.2. The lowest BCUT2D eigenvalue weighted by Crippen LogP contribution is -2.10. The van der Waals surface area contributed by atoms with Crippen LogP contribution in [0.1, 0.15) is 5.56 Å². The van der Waals surface area contributed by atoms with Crippen molar-refractivity contribution >= 4 is 9.84 Å². The summed E-state index contributed by atoms with van der Waals surface area (Å²) in [5, 5.41) is 3.30. The third kappa shape index (κ3) is 4.05. The molecular formula is C10H12FN3O2S. The number of rotatable bonds is 5. The molecule has 0 bridgehead atoms. The molecule has 5 nitrogen and oxygen atoms in total. The highest BCUT2D eigenvalue weighted by molar-refractivity contribution is 7.90. The van der Waals surface area contributed by atoms with Crippen molar-refractivity contribution in [2.24, 2.45) is 5.11 Å². The van der Waals surface area contributed by atoms with Gasteiger partial charge in [0.25, 0.3) is 0 Å². The predicted molar refractivity (Wildman–Crippen MR) is 62.2 cm³/mol. The maximum atomic E-state index is 12.4. The molecule has 0 saturated heterocycles. The molecule has 1 aromatic rings. The summed E-state index contributed by atoms with van der Waals surface area (Å²) in [4.78, 5) is 2.76. The molecule has 0 aliphatic heterocycles. The minimum Gasteiger partial charge on any atom is -0.251 e. The molecule has 1 aromatic carbocycles. The van der Waals surface area contributed by atoms with Crippen LogP contribution in [0.2, 0.25) is 0 Å². The summed E-state index contributed by atoms with van der Waals surface area (Å²) < 4.78 is 34.8. The molecule has 0 fully saturated rings. The molecule has 92 valence electrons. The van der Waals surface area contributed by atoms with Crippen LogP contribution >= 0.6 is 0 Å². The van der Waals surface area contributed by atoms with E-state index in [-0.39, 0.29) is 11.3 Å². The number of azide groups is 1. The fourth-order valence-corrected chi connectivity index (χ4v) is 1.97. The maximum Gasteiger partial charge on any atom is 0.175 e. The number of nitrogens with zero attached hydrogens (tertiary/aromatic N) is 3. The van der Waals surface area contributed by atoms with Gasteiger partial charge in [0.1, 0.15) is 0 Å². The molecule has 0 saturated carbocycles. The van der Waals surface area contributed by atoms with Gasteiger partial charge in [-0.1, -0.05) is 17.2 Å². The van der Waals surface area contributed by atoms with Crippen LogP contribution in [0.5, 0.6) is 0 Å². The van der Waals surface area contributed by atoms with E-state index in [0.717, 1.165) is 11.8 Å². The topological polar surface area (TPSA) is 82.9 Å². The van der Waals surface area contributed by atoms with Gasteiger partial charge in [0.2, 0.25) is 0 Å². The molecule has 17 heavy (non-hydrogen) atoms. The third-order valence-electron chi connectivity index (χ3n) is 2.22. The number of alkyl halides is 1. The predicted octanol–water partition coefficient (Wildman–Crippen LogP) is 2.28. The van der Waals surface area contributed by atoms with E-state index in [9.17, 15) is 12.8 Å². The fourth-order valence-electron chi connectivity index (χ4n) is 1.34. The first-order chi connectivity index (χ1) is 7.97. The minimum absolute atomic E-state index is 0.210. The van der Waals surface area contributed by atoms with E-state index >= 15 is 0 Å². The van der Waals surface area contributed by atoms with Crippen LogP contribution in [-0.4, -0.2) is 27.4 Å². The van der Waals surface area contributed by atoms with E-state index in [1.165, 1.54) is 12.1 Å². The van der Waals surface area contributed by atoms with E-state index in [1.54, 1.807) is 12.1 Å². The Hall–Kier alpha value is -1.59. The Morgan fingerprint density at radius 2 is 2.00 bits per heavy atom. The summed E-state index contributed by atoms with van der Waals surface area (Å²) >= 11 is 0. The first kappa shape index (κ1) is 13.5. The second-order valence-corrected chi connectivity index (χ2v) is 5.65. The lowest BCUT2D eigenvalue weighted by Gasteiger charge is -2.06. The van der Waals surface area contributed by atoms with E-state index < -0.39 is 22.6 Å². The van der Waals surface area contributed by atoms with Crippen LogP contribution in [0.15, 0.2) is 34.3 Å². The van der Waals surface area contributed by atoms with Gasteiger partial charge < -0.3 is 0 Å². The van der Waals surface area contributed by atoms with E-state index in [4.69, 9.17) is 5.53 Å². The third-order valence-corrected chi connectivity index (χ3v) is 3.34. The Bertz CT molecular complexity index is 521. The van der Waals surface area contributed by atoms with Crippen molar-refractivity contribution in [1.29, 1.82) is 0 Å². The van der Waals surface area contributed by atoms with Crippen molar-refractivity contribution in [3.63, 3.8) is 0 Å². The lowest BCUT2D eigenvalue weighted by atomic mass is 10.1. The zero-order valence-corrected chi connectivity index (χ0v) is 10.1. The zero-order chi connectivity index (χ0) is 12.9. The van der Waals surface area contributed by atoms with Crippen molar-refractivity contribution < 1.29 is 12.8 Å². The largest absolute Gasteiger partial charge is 0.251 e. The molecule has 0 amide bonds. The van der Waals surface area contributed by atoms with Crippen LogP contribution in [0.25, 0.3) is 10.4 Å². The number of hydrogen-bond acceptors (Lipinski definition) is 3. The SMILES string of the molecule is CS(=O)(=O)c1ccc(C[C@@H](CF)N=[N+]=[N-])cc1. The lowest BCUT2D eigenvalue weighted by molar-refractivity contribution is 0.426. The molecule has 0 aliphatic rings. The molecule has 0 N–H and O–H groups in total. The quantitative estimate of drug-likeness (QED) is 0.460. The highest BCUT2D eigenvalue weighted by Crippen LogP contribution is 2.13. The van der Waals surface area contributed by atoms with Gasteiger partial charge in [-0.3, -0.25) is 4.39 Å². The van der Waals surface area contributed by atoms with Crippen LogP contribution in [0, 0.1) is 0 Å². The number of halogens is 1. The Balaban J connectivity index is 2.85. The molecule has 0 aliphatic carbocycles. The van der Waals surface area contributed by atoms with Gasteiger partial charge in [-0.25, -0.2) is 8.42 Å². The molecule has 0 aromatic heterocycles. The van der Waals surface area contributed by atoms with Gasteiger partial charge in [0.05, 0.1) is 17.6 Å². The Kier molecular flexibility index (Phi) is 4.48. The summed E-state index contributed by atoms with van der Waals surface area (Å²) in [6.45, 7) is -0.738. The van der Waals surface area contributed by atoms with Crippen molar-refractivity contribution in [2.45, 2.75) is 17.4 Å². The maximum absolute atomic E-state index is 12.4. The van der Waals surface area contributed by atoms with Gasteiger partial charge in [0, 0.05) is 11.2 Å². The van der Waals surface area contributed by atoms with Crippen molar-refractivity contribution in [2.75, 3.05) is 12.9 Å². The summed E-state index contributed by atoms with van der Waals surface area (Å²) in [7, 11) is -3.22. The molecule has 1 rings (SSSR count). The number of hydrogen-bond donors (Lipinski definition) is 0. The van der Waals surface area contributed by atoms with Gasteiger partial charge in [-0.15, -0.1) is 0 Å². The highest BCUT2D eigenvalue weighted by Gasteiger charge is 2.09. The summed E-state index contributed by atoms with van der Waals surface area (Å²) in [5.41, 5.74) is 8.94.